The van der Waals surface area contributed by atoms with Crippen LogP contribution in [0.5, 0.6) is 0 Å². The van der Waals surface area contributed by atoms with Crippen LogP contribution in [0.1, 0.15) is 18.1 Å². The van der Waals surface area contributed by atoms with E-state index in [1.54, 1.807) is 6.20 Å². The number of fused-ring (bicyclic) bond motifs is 1. The fourth-order valence-corrected chi connectivity index (χ4v) is 3.19. The van der Waals surface area contributed by atoms with Crippen LogP contribution in [0, 0.1) is 0 Å². The molecule has 2 atom stereocenters. The average Bonchev–Trinajstić information content (AvgIpc) is 3.20. The Labute approximate surface area is 179 Å². The Bertz CT molecular complexity index is 1050. The number of aromatic amines is 1. The normalized spacial score (nSPS) is 12.6. The van der Waals surface area contributed by atoms with Gasteiger partial charge in [0.2, 0.25) is 5.91 Å². The van der Waals surface area contributed by atoms with Crippen LogP contribution in [0.3, 0.4) is 0 Å². The maximum Gasteiger partial charge on any atom is 0.408 e. The van der Waals surface area contributed by atoms with Crippen LogP contribution in [-0.2, 0) is 32.1 Å². The first-order valence-corrected chi connectivity index (χ1v) is 9.88. The van der Waals surface area contributed by atoms with E-state index in [-0.39, 0.29) is 13.0 Å². The first-order valence-electron chi connectivity index (χ1n) is 9.88. The Hall–Kier alpha value is -3.81. The summed E-state index contributed by atoms with van der Waals surface area (Å²) in [6.45, 7) is 1.59. The zero-order valence-corrected chi connectivity index (χ0v) is 17.4. The zero-order chi connectivity index (χ0) is 22.2. The molecule has 162 valence electrons. The largest absolute Gasteiger partial charge is 0.467 e. The highest BCUT2D eigenvalue weighted by atomic mass is 16.5. The topological polar surface area (TPSA) is 110 Å². The lowest BCUT2D eigenvalue weighted by atomic mass is 10.0. The fraction of sp³-hybridized carbons (Fsp3) is 0.261. The van der Waals surface area contributed by atoms with Crippen molar-refractivity contribution < 1.29 is 23.9 Å². The molecular weight excluding hydrogens is 398 g/mol. The van der Waals surface area contributed by atoms with Gasteiger partial charge in [-0.25, -0.2) is 9.59 Å². The highest BCUT2D eigenvalue weighted by Crippen LogP contribution is 2.19. The van der Waals surface area contributed by atoms with Gasteiger partial charge in [0, 0.05) is 23.5 Å². The average molecular weight is 423 g/mol. The molecule has 31 heavy (non-hydrogen) atoms. The Morgan fingerprint density at radius 1 is 1.00 bits per heavy atom. The van der Waals surface area contributed by atoms with Crippen LogP contribution >= 0.6 is 0 Å². The van der Waals surface area contributed by atoms with Gasteiger partial charge in [-0.1, -0.05) is 48.5 Å². The number of hydrogen-bond donors (Lipinski definition) is 3. The Kier molecular flexibility index (Phi) is 7.26. The molecule has 0 saturated heterocycles. The van der Waals surface area contributed by atoms with E-state index in [1.165, 1.54) is 14.0 Å². The molecule has 0 radical (unpaired) electrons. The third-order valence-corrected chi connectivity index (χ3v) is 4.83. The van der Waals surface area contributed by atoms with E-state index >= 15 is 0 Å². The monoisotopic (exact) mass is 423 g/mol. The van der Waals surface area contributed by atoms with Gasteiger partial charge in [-0.3, -0.25) is 4.79 Å². The van der Waals surface area contributed by atoms with Crippen molar-refractivity contribution in [2.45, 2.75) is 32.0 Å². The van der Waals surface area contributed by atoms with Gasteiger partial charge in [0.05, 0.1) is 7.11 Å². The summed E-state index contributed by atoms with van der Waals surface area (Å²) in [7, 11) is 1.24. The SMILES string of the molecule is COC(=O)[C@H](C)NC(=O)[C@@H](Cc1c[nH]c2ccccc12)NC(=O)OCc1ccccc1. The summed E-state index contributed by atoms with van der Waals surface area (Å²) in [5, 5.41) is 6.13. The lowest BCUT2D eigenvalue weighted by Gasteiger charge is -2.20. The number of aromatic nitrogens is 1. The van der Waals surface area contributed by atoms with Gasteiger partial charge in [-0.2, -0.15) is 0 Å². The number of nitrogens with one attached hydrogen (secondary N) is 3. The summed E-state index contributed by atoms with van der Waals surface area (Å²) in [6.07, 6.45) is 1.28. The van der Waals surface area contributed by atoms with Crippen molar-refractivity contribution in [2.24, 2.45) is 0 Å². The predicted molar refractivity (Wildman–Crippen MR) is 115 cm³/mol. The number of carbonyl (C=O) groups excluding carboxylic acids is 3. The maximum atomic E-state index is 12.8. The molecule has 0 unspecified atom stereocenters. The number of para-hydroxylation sites is 1. The molecule has 2 amide bonds. The zero-order valence-electron chi connectivity index (χ0n) is 17.4. The molecular formula is C23H25N3O5. The standard InChI is InChI=1S/C23H25N3O5/c1-15(22(28)30-2)25-21(27)20(12-17-13-24-19-11-7-6-10-18(17)19)26-23(29)31-14-16-8-4-3-5-9-16/h3-11,13,15,20,24H,12,14H2,1-2H3,(H,25,27)(H,26,29)/t15-,20+/m0/s1. The molecule has 3 N–H and O–H groups in total. The minimum Gasteiger partial charge on any atom is -0.467 e. The van der Waals surface area contributed by atoms with Crippen molar-refractivity contribution in [3.8, 4) is 0 Å². The van der Waals surface area contributed by atoms with E-state index in [1.807, 2.05) is 54.6 Å². The van der Waals surface area contributed by atoms with Gasteiger partial charge >= 0.3 is 12.1 Å². The molecule has 0 aliphatic heterocycles. The minimum absolute atomic E-state index is 0.0761. The number of carbonyl (C=O) groups is 3. The lowest BCUT2D eigenvalue weighted by Crippen LogP contribution is -2.52. The van der Waals surface area contributed by atoms with Crippen molar-refractivity contribution in [2.75, 3.05) is 7.11 Å². The Morgan fingerprint density at radius 2 is 1.71 bits per heavy atom. The maximum absolute atomic E-state index is 12.8. The highest BCUT2D eigenvalue weighted by Gasteiger charge is 2.26. The van der Waals surface area contributed by atoms with Gasteiger partial charge in [0.15, 0.2) is 0 Å². The molecule has 0 spiro atoms. The van der Waals surface area contributed by atoms with E-state index in [0.717, 1.165) is 22.0 Å². The van der Waals surface area contributed by atoms with Crippen molar-refractivity contribution in [3.63, 3.8) is 0 Å². The molecule has 0 bridgehead atoms. The second-order valence-electron chi connectivity index (χ2n) is 7.08. The predicted octanol–water partition coefficient (Wildman–Crippen LogP) is 2.68. The van der Waals surface area contributed by atoms with Gasteiger partial charge in [0.25, 0.3) is 0 Å². The third-order valence-electron chi connectivity index (χ3n) is 4.83. The third kappa shape index (κ3) is 5.85. The molecule has 3 rings (SSSR count). The molecule has 0 aliphatic rings. The number of alkyl carbamates (subject to hydrolysis) is 1. The molecule has 2 aromatic carbocycles. The summed E-state index contributed by atoms with van der Waals surface area (Å²) in [4.78, 5) is 40.1. The molecule has 3 aromatic rings. The summed E-state index contributed by atoms with van der Waals surface area (Å²) in [6, 6.07) is 15.1. The fourth-order valence-electron chi connectivity index (χ4n) is 3.19. The van der Waals surface area contributed by atoms with Gasteiger partial charge in [-0.05, 0) is 24.1 Å². The van der Waals surface area contributed by atoms with E-state index in [9.17, 15) is 14.4 Å². The number of amides is 2. The van der Waals surface area contributed by atoms with Crippen LogP contribution in [0.25, 0.3) is 10.9 Å². The van der Waals surface area contributed by atoms with Gasteiger partial charge < -0.3 is 25.1 Å². The van der Waals surface area contributed by atoms with E-state index < -0.39 is 30.1 Å². The second kappa shape index (κ2) is 10.3. The van der Waals surface area contributed by atoms with E-state index in [0.29, 0.717) is 0 Å². The number of ether oxygens (including phenoxy) is 2. The van der Waals surface area contributed by atoms with Gasteiger partial charge in [-0.15, -0.1) is 0 Å². The quantitative estimate of drug-likeness (QED) is 0.483. The van der Waals surface area contributed by atoms with Crippen LogP contribution in [-0.4, -0.2) is 42.1 Å². The lowest BCUT2D eigenvalue weighted by molar-refractivity contribution is -0.144. The number of methoxy groups -OCH3 is 1. The molecule has 1 heterocycles. The van der Waals surface area contributed by atoms with Crippen molar-refractivity contribution >= 4 is 28.9 Å². The Balaban J connectivity index is 1.72. The van der Waals surface area contributed by atoms with Gasteiger partial charge in [0.1, 0.15) is 18.7 Å². The summed E-state index contributed by atoms with van der Waals surface area (Å²) < 4.78 is 9.91. The number of hydrogen-bond acceptors (Lipinski definition) is 5. The van der Waals surface area contributed by atoms with Crippen LogP contribution in [0.15, 0.2) is 60.8 Å². The van der Waals surface area contributed by atoms with Crippen molar-refractivity contribution in [1.29, 1.82) is 0 Å². The molecule has 1 aromatic heterocycles. The van der Waals surface area contributed by atoms with Crippen LogP contribution < -0.4 is 10.6 Å². The number of esters is 1. The molecule has 8 nitrogen and oxygen atoms in total. The first kappa shape index (κ1) is 21.9. The highest BCUT2D eigenvalue weighted by molar-refractivity contribution is 5.91. The molecule has 0 aliphatic carbocycles. The Morgan fingerprint density at radius 3 is 2.45 bits per heavy atom. The number of H-pyrrole nitrogens is 1. The van der Waals surface area contributed by atoms with E-state index in [4.69, 9.17) is 4.74 Å². The number of rotatable bonds is 8. The van der Waals surface area contributed by atoms with Crippen molar-refractivity contribution in [1.82, 2.24) is 15.6 Å². The molecule has 8 heteroatoms. The summed E-state index contributed by atoms with van der Waals surface area (Å²) in [5.74, 6) is -1.09. The summed E-state index contributed by atoms with van der Waals surface area (Å²) >= 11 is 0. The number of benzene rings is 2. The smallest absolute Gasteiger partial charge is 0.408 e. The van der Waals surface area contributed by atoms with Crippen LogP contribution in [0.2, 0.25) is 0 Å². The summed E-state index contributed by atoms with van der Waals surface area (Å²) in [5.41, 5.74) is 2.60. The first-order chi connectivity index (χ1) is 15.0. The molecule has 0 fully saturated rings. The van der Waals surface area contributed by atoms with Crippen molar-refractivity contribution in [3.05, 3.63) is 71.9 Å². The second-order valence-corrected chi connectivity index (χ2v) is 7.08. The minimum atomic E-state index is -0.949. The molecule has 0 saturated carbocycles. The van der Waals surface area contributed by atoms with Crippen LogP contribution in [0.4, 0.5) is 4.79 Å². The van der Waals surface area contributed by atoms with E-state index in [2.05, 4.69) is 20.4 Å².